The molecule has 18 heavy (non-hydrogen) atoms. The average Bonchev–Trinajstić information content (AvgIpc) is 2.77. The van der Waals surface area contributed by atoms with E-state index in [1.165, 1.54) is 0 Å². The van der Waals surface area contributed by atoms with Crippen LogP contribution >= 0.6 is 22.9 Å². The van der Waals surface area contributed by atoms with Gasteiger partial charge >= 0.3 is 0 Å². The summed E-state index contributed by atoms with van der Waals surface area (Å²) in [5, 5.41) is 3.70. The minimum Gasteiger partial charge on any atom is -0.365 e. The Kier molecular flexibility index (Phi) is 3.82. The number of hydrogen-bond donors (Lipinski definition) is 1. The highest BCUT2D eigenvalue weighted by Gasteiger charge is 2.18. The number of nitrogens with zero attached hydrogens (tertiary/aromatic N) is 3. The van der Waals surface area contributed by atoms with Crippen LogP contribution in [0.3, 0.4) is 0 Å². The van der Waals surface area contributed by atoms with E-state index in [2.05, 4.69) is 41.0 Å². The van der Waals surface area contributed by atoms with Gasteiger partial charge in [0, 0.05) is 22.6 Å². The van der Waals surface area contributed by atoms with Gasteiger partial charge in [-0.3, -0.25) is 4.98 Å². The van der Waals surface area contributed by atoms with Gasteiger partial charge in [-0.1, -0.05) is 32.4 Å². The van der Waals surface area contributed by atoms with Crippen LogP contribution in [-0.2, 0) is 12.0 Å². The monoisotopic (exact) mass is 282 g/mol. The van der Waals surface area contributed by atoms with Gasteiger partial charge in [0.25, 0.3) is 0 Å². The Morgan fingerprint density at radius 3 is 2.72 bits per heavy atom. The van der Waals surface area contributed by atoms with Crippen molar-refractivity contribution in [1.82, 2.24) is 15.0 Å². The van der Waals surface area contributed by atoms with Gasteiger partial charge in [-0.25, -0.2) is 9.97 Å². The molecule has 0 radical (unpaired) electrons. The lowest BCUT2D eigenvalue weighted by Gasteiger charge is -2.17. The summed E-state index contributed by atoms with van der Waals surface area (Å²) in [6.07, 6.45) is 1.84. The summed E-state index contributed by atoms with van der Waals surface area (Å²) >= 11 is 7.62. The SMILES string of the molecule is CC(C)(C)c1nc(Cl)cc(NCc2cncs2)n1. The average molecular weight is 283 g/mol. The molecule has 0 aromatic carbocycles. The van der Waals surface area contributed by atoms with E-state index >= 15 is 0 Å². The van der Waals surface area contributed by atoms with Gasteiger partial charge in [0.1, 0.15) is 16.8 Å². The maximum absolute atomic E-state index is 6.02. The molecule has 0 aliphatic heterocycles. The number of aromatic nitrogens is 3. The molecule has 0 aliphatic carbocycles. The molecule has 96 valence electrons. The van der Waals surface area contributed by atoms with Crippen LogP contribution in [0.15, 0.2) is 17.8 Å². The van der Waals surface area contributed by atoms with Crippen molar-refractivity contribution >= 4 is 28.8 Å². The number of nitrogens with one attached hydrogen (secondary N) is 1. The predicted molar refractivity (Wildman–Crippen MR) is 75.2 cm³/mol. The fraction of sp³-hybridized carbons (Fsp3) is 0.417. The molecule has 6 heteroatoms. The van der Waals surface area contributed by atoms with E-state index < -0.39 is 0 Å². The molecule has 0 unspecified atom stereocenters. The Hall–Kier alpha value is -1.20. The van der Waals surface area contributed by atoms with E-state index in [0.29, 0.717) is 11.7 Å². The lowest BCUT2D eigenvalue weighted by Crippen LogP contribution is -2.17. The fourth-order valence-corrected chi connectivity index (χ4v) is 2.07. The third-order valence-corrected chi connectivity index (χ3v) is 3.27. The maximum Gasteiger partial charge on any atom is 0.137 e. The van der Waals surface area contributed by atoms with Gasteiger partial charge in [0.05, 0.1) is 12.1 Å². The van der Waals surface area contributed by atoms with Gasteiger partial charge in [-0.15, -0.1) is 11.3 Å². The summed E-state index contributed by atoms with van der Waals surface area (Å²) < 4.78 is 0. The van der Waals surface area contributed by atoms with Crippen LogP contribution in [0, 0.1) is 0 Å². The van der Waals surface area contributed by atoms with Crippen LogP contribution in [0.5, 0.6) is 0 Å². The summed E-state index contributed by atoms with van der Waals surface area (Å²) in [6.45, 7) is 6.88. The number of halogens is 1. The largest absolute Gasteiger partial charge is 0.365 e. The number of anilines is 1. The first kappa shape index (κ1) is 13.2. The normalized spacial score (nSPS) is 11.6. The van der Waals surface area contributed by atoms with E-state index in [1.54, 1.807) is 17.4 Å². The van der Waals surface area contributed by atoms with Crippen molar-refractivity contribution < 1.29 is 0 Å². The van der Waals surface area contributed by atoms with Crippen LogP contribution < -0.4 is 5.32 Å². The molecule has 0 aliphatic rings. The summed E-state index contributed by atoms with van der Waals surface area (Å²) in [6, 6.07) is 1.73. The summed E-state index contributed by atoms with van der Waals surface area (Å²) in [4.78, 5) is 13.9. The summed E-state index contributed by atoms with van der Waals surface area (Å²) in [5.74, 6) is 1.48. The van der Waals surface area contributed by atoms with Gasteiger partial charge in [-0.2, -0.15) is 0 Å². The fourth-order valence-electron chi connectivity index (χ4n) is 1.35. The molecule has 0 fully saturated rings. The zero-order chi connectivity index (χ0) is 13.2. The number of thiazole rings is 1. The van der Waals surface area contributed by atoms with E-state index in [1.807, 2.05) is 11.7 Å². The Morgan fingerprint density at radius 1 is 1.33 bits per heavy atom. The van der Waals surface area contributed by atoms with E-state index in [-0.39, 0.29) is 5.41 Å². The minimum atomic E-state index is -0.119. The lowest BCUT2D eigenvalue weighted by atomic mass is 9.96. The quantitative estimate of drug-likeness (QED) is 0.876. The lowest BCUT2D eigenvalue weighted by molar-refractivity contribution is 0.546. The van der Waals surface area contributed by atoms with Crippen LogP contribution in [0.1, 0.15) is 31.5 Å². The smallest absolute Gasteiger partial charge is 0.137 e. The first-order valence-corrected chi connectivity index (χ1v) is 6.87. The topological polar surface area (TPSA) is 50.7 Å². The molecular formula is C12H15ClN4S. The van der Waals surface area contributed by atoms with Gasteiger partial charge in [0.15, 0.2) is 0 Å². The van der Waals surface area contributed by atoms with Crippen molar-refractivity contribution in [3.8, 4) is 0 Å². The van der Waals surface area contributed by atoms with Gasteiger partial charge in [-0.05, 0) is 0 Å². The number of rotatable bonds is 3. The second-order valence-corrected chi connectivity index (χ2v) is 6.33. The molecule has 2 aromatic heterocycles. The Bertz CT molecular complexity index is 519. The first-order chi connectivity index (χ1) is 8.45. The van der Waals surface area contributed by atoms with Gasteiger partial charge in [0.2, 0.25) is 0 Å². The molecule has 0 amide bonds. The molecule has 2 heterocycles. The predicted octanol–water partition coefficient (Wildman–Crippen LogP) is 3.50. The van der Waals surface area contributed by atoms with Crippen LogP contribution in [0.25, 0.3) is 0 Å². The molecule has 1 N–H and O–H groups in total. The van der Waals surface area contributed by atoms with Gasteiger partial charge < -0.3 is 5.32 Å². The van der Waals surface area contributed by atoms with E-state index in [0.717, 1.165) is 16.5 Å². The van der Waals surface area contributed by atoms with Crippen molar-refractivity contribution in [3.05, 3.63) is 33.6 Å². The second kappa shape index (κ2) is 5.20. The zero-order valence-corrected chi connectivity index (χ0v) is 12.1. The summed E-state index contributed by atoms with van der Waals surface area (Å²) in [7, 11) is 0. The maximum atomic E-state index is 6.02. The van der Waals surface area contributed by atoms with Crippen molar-refractivity contribution in [2.45, 2.75) is 32.7 Å². The third kappa shape index (κ3) is 3.40. The Balaban J connectivity index is 2.15. The van der Waals surface area contributed by atoms with Crippen LogP contribution in [0.4, 0.5) is 5.82 Å². The molecule has 2 rings (SSSR count). The van der Waals surface area contributed by atoms with E-state index in [4.69, 9.17) is 11.6 Å². The standard InChI is InChI=1S/C12H15ClN4S/c1-12(2,3)11-16-9(13)4-10(17-11)15-6-8-5-14-7-18-8/h4-5,7H,6H2,1-3H3,(H,15,16,17). The first-order valence-electron chi connectivity index (χ1n) is 5.61. The van der Waals surface area contributed by atoms with Crippen molar-refractivity contribution in [2.75, 3.05) is 5.32 Å². The van der Waals surface area contributed by atoms with E-state index in [9.17, 15) is 0 Å². The van der Waals surface area contributed by atoms with Crippen molar-refractivity contribution in [2.24, 2.45) is 0 Å². The third-order valence-electron chi connectivity index (χ3n) is 2.29. The van der Waals surface area contributed by atoms with Crippen molar-refractivity contribution in [1.29, 1.82) is 0 Å². The second-order valence-electron chi connectivity index (χ2n) is 4.97. The molecule has 0 atom stereocenters. The highest BCUT2D eigenvalue weighted by atomic mass is 35.5. The number of hydrogen-bond acceptors (Lipinski definition) is 5. The molecule has 2 aromatic rings. The molecule has 0 saturated heterocycles. The zero-order valence-electron chi connectivity index (χ0n) is 10.6. The Labute approximate surface area is 115 Å². The molecule has 0 saturated carbocycles. The summed E-state index contributed by atoms with van der Waals surface area (Å²) in [5.41, 5.74) is 1.69. The molecule has 0 bridgehead atoms. The van der Waals surface area contributed by atoms with Crippen LogP contribution in [-0.4, -0.2) is 15.0 Å². The van der Waals surface area contributed by atoms with Crippen molar-refractivity contribution in [3.63, 3.8) is 0 Å². The molecule has 4 nitrogen and oxygen atoms in total. The Morgan fingerprint density at radius 2 is 2.11 bits per heavy atom. The van der Waals surface area contributed by atoms with Crippen LogP contribution in [0.2, 0.25) is 5.15 Å². The highest BCUT2D eigenvalue weighted by molar-refractivity contribution is 7.09. The highest BCUT2D eigenvalue weighted by Crippen LogP contribution is 2.22. The molecule has 0 spiro atoms. The minimum absolute atomic E-state index is 0.119. The molecular weight excluding hydrogens is 268 g/mol.